The Morgan fingerprint density at radius 1 is 1.18 bits per heavy atom. The van der Waals surface area contributed by atoms with E-state index < -0.39 is 17.7 Å². The SMILES string of the molecule is COCCCN1C(=O)C(=O)/C(=C(/O)c2ccc(C)cc2)[C@@H]1c1cccc(Cl)c1. The first-order chi connectivity index (χ1) is 13.4. The van der Waals surface area contributed by atoms with Crippen molar-refractivity contribution in [3.8, 4) is 0 Å². The van der Waals surface area contributed by atoms with Gasteiger partial charge in [0.15, 0.2) is 0 Å². The van der Waals surface area contributed by atoms with Gasteiger partial charge in [0, 0.05) is 30.8 Å². The minimum atomic E-state index is -0.697. The fourth-order valence-electron chi connectivity index (χ4n) is 3.38. The van der Waals surface area contributed by atoms with Gasteiger partial charge < -0.3 is 14.7 Å². The molecule has 0 aromatic heterocycles. The van der Waals surface area contributed by atoms with Gasteiger partial charge >= 0.3 is 0 Å². The van der Waals surface area contributed by atoms with Crippen molar-refractivity contribution >= 4 is 29.1 Å². The van der Waals surface area contributed by atoms with Crippen LogP contribution in [0, 0.1) is 6.92 Å². The number of carbonyl (C=O) groups is 2. The highest BCUT2D eigenvalue weighted by Crippen LogP contribution is 2.40. The Hall–Kier alpha value is -2.63. The standard InChI is InChI=1S/C22H22ClNO4/c1-14-7-9-15(10-8-14)20(25)18-19(16-5-3-6-17(23)13-16)24(11-4-12-28-2)22(27)21(18)26/h3,5-10,13,19,25H,4,11-12H2,1-2H3/b20-18+/t19-/m0/s1. The van der Waals surface area contributed by atoms with Crippen molar-refractivity contribution < 1.29 is 19.4 Å². The van der Waals surface area contributed by atoms with E-state index in [4.69, 9.17) is 16.3 Å². The minimum absolute atomic E-state index is 0.0773. The van der Waals surface area contributed by atoms with Crippen molar-refractivity contribution in [3.05, 3.63) is 75.8 Å². The number of rotatable bonds is 6. The molecular formula is C22H22ClNO4. The van der Waals surface area contributed by atoms with E-state index in [1.165, 1.54) is 4.90 Å². The van der Waals surface area contributed by atoms with Crippen LogP contribution < -0.4 is 0 Å². The van der Waals surface area contributed by atoms with E-state index >= 15 is 0 Å². The van der Waals surface area contributed by atoms with Crippen LogP contribution in [0.5, 0.6) is 0 Å². The third kappa shape index (κ3) is 3.96. The number of nitrogens with zero attached hydrogens (tertiary/aromatic N) is 1. The van der Waals surface area contributed by atoms with E-state index in [1.807, 2.05) is 19.1 Å². The summed E-state index contributed by atoms with van der Waals surface area (Å²) in [5.74, 6) is -1.51. The summed E-state index contributed by atoms with van der Waals surface area (Å²) in [5, 5.41) is 11.4. The maximum atomic E-state index is 12.8. The summed E-state index contributed by atoms with van der Waals surface area (Å²) >= 11 is 6.15. The number of ketones is 1. The molecule has 1 aliphatic rings. The second kappa shape index (κ2) is 8.59. The van der Waals surface area contributed by atoms with Gasteiger partial charge in [-0.2, -0.15) is 0 Å². The molecule has 1 heterocycles. The number of halogens is 1. The lowest BCUT2D eigenvalue weighted by molar-refractivity contribution is -0.140. The monoisotopic (exact) mass is 399 g/mol. The Kier molecular flexibility index (Phi) is 6.17. The number of ether oxygens (including phenoxy) is 1. The topological polar surface area (TPSA) is 66.8 Å². The normalized spacial score (nSPS) is 18.7. The second-order valence-corrected chi connectivity index (χ2v) is 7.20. The number of carbonyl (C=O) groups excluding carboxylic acids is 2. The van der Waals surface area contributed by atoms with Crippen LogP contribution in [0.25, 0.3) is 5.76 Å². The van der Waals surface area contributed by atoms with Crippen LogP contribution in [0.2, 0.25) is 5.02 Å². The lowest BCUT2D eigenvalue weighted by atomic mass is 9.95. The molecule has 0 saturated carbocycles. The predicted molar refractivity (Wildman–Crippen MR) is 108 cm³/mol. The molecule has 0 spiro atoms. The zero-order valence-corrected chi connectivity index (χ0v) is 16.6. The first-order valence-corrected chi connectivity index (χ1v) is 9.41. The number of hydrogen-bond acceptors (Lipinski definition) is 4. The number of amides is 1. The highest BCUT2D eigenvalue weighted by atomic mass is 35.5. The number of hydrogen-bond donors (Lipinski definition) is 1. The summed E-state index contributed by atoms with van der Waals surface area (Å²) in [6.45, 7) is 2.73. The van der Waals surface area contributed by atoms with Gasteiger partial charge in [-0.1, -0.05) is 53.6 Å². The molecule has 0 aliphatic carbocycles. The molecule has 1 aliphatic heterocycles. The zero-order valence-electron chi connectivity index (χ0n) is 15.8. The predicted octanol–water partition coefficient (Wildman–Crippen LogP) is 4.11. The molecule has 1 amide bonds. The molecule has 2 aromatic rings. The maximum Gasteiger partial charge on any atom is 0.295 e. The summed E-state index contributed by atoms with van der Waals surface area (Å²) in [4.78, 5) is 27.0. The number of aliphatic hydroxyl groups is 1. The smallest absolute Gasteiger partial charge is 0.295 e. The molecule has 146 valence electrons. The van der Waals surface area contributed by atoms with Crippen molar-refractivity contribution in [2.45, 2.75) is 19.4 Å². The molecular weight excluding hydrogens is 378 g/mol. The van der Waals surface area contributed by atoms with Crippen LogP contribution in [0.3, 0.4) is 0 Å². The van der Waals surface area contributed by atoms with Crippen molar-refractivity contribution in [1.82, 2.24) is 4.90 Å². The molecule has 2 aromatic carbocycles. The molecule has 1 fully saturated rings. The fourth-order valence-corrected chi connectivity index (χ4v) is 3.58. The van der Waals surface area contributed by atoms with Gasteiger partial charge in [0.05, 0.1) is 11.6 Å². The average molecular weight is 400 g/mol. The van der Waals surface area contributed by atoms with Crippen molar-refractivity contribution in [2.75, 3.05) is 20.3 Å². The number of benzene rings is 2. The van der Waals surface area contributed by atoms with Crippen LogP contribution in [-0.2, 0) is 14.3 Å². The van der Waals surface area contributed by atoms with Gasteiger partial charge in [-0.05, 0) is 31.0 Å². The molecule has 1 N–H and O–H groups in total. The first-order valence-electron chi connectivity index (χ1n) is 9.04. The van der Waals surface area contributed by atoms with Crippen LogP contribution in [0.4, 0.5) is 0 Å². The van der Waals surface area contributed by atoms with Gasteiger partial charge in [0.25, 0.3) is 11.7 Å². The summed E-state index contributed by atoms with van der Waals surface area (Å²) in [7, 11) is 1.58. The molecule has 0 radical (unpaired) electrons. The van der Waals surface area contributed by atoms with Gasteiger partial charge in [-0.3, -0.25) is 9.59 Å². The van der Waals surface area contributed by atoms with Gasteiger partial charge in [0.1, 0.15) is 5.76 Å². The van der Waals surface area contributed by atoms with Gasteiger partial charge in [-0.15, -0.1) is 0 Å². The lowest BCUT2D eigenvalue weighted by Crippen LogP contribution is -2.31. The fraction of sp³-hybridized carbons (Fsp3) is 0.273. The van der Waals surface area contributed by atoms with E-state index in [2.05, 4.69) is 0 Å². The van der Waals surface area contributed by atoms with Crippen LogP contribution in [-0.4, -0.2) is 42.0 Å². The highest BCUT2D eigenvalue weighted by molar-refractivity contribution is 6.46. The molecule has 1 atom stereocenters. The summed E-state index contributed by atoms with van der Waals surface area (Å²) in [6.07, 6.45) is 0.575. The first kappa shape index (κ1) is 20.1. The largest absolute Gasteiger partial charge is 0.507 e. The zero-order chi connectivity index (χ0) is 20.3. The second-order valence-electron chi connectivity index (χ2n) is 6.76. The number of likely N-dealkylation sites (tertiary alicyclic amines) is 1. The Bertz CT molecular complexity index is 920. The van der Waals surface area contributed by atoms with Gasteiger partial charge in [0.2, 0.25) is 0 Å². The Labute approximate surface area is 169 Å². The van der Waals surface area contributed by atoms with E-state index in [0.717, 1.165) is 5.56 Å². The van der Waals surface area contributed by atoms with Crippen LogP contribution >= 0.6 is 11.6 Å². The number of aryl methyl sites for hydroxylation is 1. The molecule has 0 bridgehead atoms. The average Bonchev–Trinajstić information content (AvgIpc) is 2.93. The lowest BCUT2D eigenvalue weighted by Gasteiger charge is -2.25. The number of Topliss-reactive ketones (excluding diaryl/α,β-unsaturated/α-hetero) is 1. The third-order valence-corrected chi connectivity index (χ3v) is 5.01. The van der Waals surface area contributed by atoms with E-state index in [9.17, 15) is 14.7 Å². The summed E-state index contributed by atoms with van der Waals surface area (Å²) in [6, 6.07) is 13.5. The van der Waals surface area contributed by atoms with E-state index in [1.54, 1.807) is 43.5 Å². The Balaban J connectivity index is 2.12. The maximum absolute atomic E-state index is 12.8. The summed E-state index contributed by atoms with van der Waals surface area (Å²) < 4.78 is 5.07. The number of aliphatic hydroxyl groups excluding tert-OH is 1. The number of methoxy groups -OCH3 is 1. The molecule has 1 saturated heterocycles. The molecule has 3 rings (SSSR count). The van der Waals surface area contributed by atoms with Crippen molar-refractivity contribution in [3.63, 3.8) is 0 Å². The highest BCUT2D eigenvalue weighted by Gasteiger charge is 2.45. The van der Waals surface area contributed by atoms with Crippen LogP contribution in [0.1, 0.15) is 29.2 Å². The molecule has 0 unspecified atom stereocenters. The van der Waals surface area contributed by atoms with E-state index in [0.29, 0.717) is 35.7 Å². The molecule has 5 nitrogen and oxygen atoms in total. The van der Waals surface area contributed by atoms with Crippen molar-refractivity contribution in [1.29, 1.82) is 0 Å². The minimum Gasteiger partial charge on any atom is -0.507 e. The van der Waals surface area contributed by atoms with Crippen LogP contribution in [0.15, 0.2) is 54.1 Å². The quantitative estimate of drug-likeness (QED) is 0.343. The molecule has 28 heavy (non-hydrogen) atoms. The third-order valence-electron chi connectivity index (χ3n) is 4.78. The Morgan fingerprint density at radius 3 is 2.54 bits per heavy atom. The van der Waals surface area contributed by atoms with Crippen molar-refractivity contribution in [2.24, 2.45) is 0 Å². The summed E-state index contributed by atoms with van der Waals surface area (Å²) in [5.41, 5.74) is 2.28. The Morgan fingerprint density at radius 2 is 1.89 bits per heavy atom. The van der Waals surface area contributed by atoms with E-state index in [-0.39, 0.29) is 11.3 Å². The van der Waals surface area contributed by atoms with Gasteiger partial charge in [-0.25, -0.2) is 0 Å². The molecule has 6 heteroatoms.